The molecule has 0 bridgehead atoms. The van der Waals surface area contributed by atoms with E-state index in [-0.39, 0.29) is 23.3 Å². The Balaban J connectivity index is 1.48. The minimum Gasteiger partial charge on any atom is -0.491 e. The molecule has 1 spiro atoms. The van der Waals surface area contributed by atoms with E-state index < -0.39 is 5.97 Å². The van der Waals surface area contributed by atoms with Gasteiger partial charge in [-0.2, -0.15) is 0 Å². The molecule has 0 saturated heterocycles. The quantitative estimate of drug-likeness (QED) is 0.798. The summed E-state index contributed by atoms with van der Waals surface area (Å²) in [6.45, 7) is 3.88. The molecule has 0 aliphatic heterocycles. The highest BCUT2D eigenvalue weighted by atomic mass is 19.1. The second-order valence-corrected chi connectivity index (χ2v) is 7.99. The van der Waals surface area contributed by atoms with Crippen molar-refractivity contribution in [2.75, 3.05) is 0 Å². The molecule has 2 aromatic rings. The highest BCUT2D eigenvalue weighted by Crippen LogP contribution is 2.70. The number of carbonyl (C=O) groups is 1. The maximum atomic E-state index is 14.2. The largest absolute Gasteiger partial charge is 0.491 e. The van der Waals surface area contributed by atoms with Crippen LogP contribution >= 0.6 is 0 Å². The van der Waals surface area contributed by atoms with E-state index in [0.29, 0.717) is 17.2 Å². The summed E-state index contributed by atoms with van der Waals surface area (Å²) >= 11 is 0. The molecule has 0 amide bonds. The minimum atomic E-state index is -0.655. The van der Waals surface area contributed by atoms with Crippen LogP contribution < -0.4 is 4.74 Å². The van der Waals surface area contributed by atoms with Gasteiger partial charge in [-0.3, -0.25) is 4.79 Å². The van der Waals surface area contributed by atoms with Gasteiger partial charge in [-0.05, 0) is 73.8 Å². The summed E-state index contributed by atoms with van der Waals surface area (Å²) in [4.78, 5) is 11.1. The van der Waals surface area contributed by atoms with E-state index in [2.05, 4.69) is 0 Å². The topological polar surface area (TPSA) is 46.5 Å². The highest BCUT2D eigenvalue weighted by molar-refractivity contribution is 5.75. The third-order valence-corrected chi connectivity index (χ3v) is 5.80. The average Bonchev–Trinajstić information content (AvgIpc) is 3.31. The van der Waals surface area contributed by atoms with Crippen molar-refractivity contribution < 1.29 is 19.0 Å². The van der Waals surface area contributed by atoms with Crippen LogP contribution in [0, 0.1) is 17.2 Å². The van der Waals surface area contributed by atoms with Crippen molar-refractivity contribution in [1.29, 1.82) is 0 Å². The molecule has 2 fully saturated rings. The molecule has 1 N–H and O–H groups in total. The van der Waals surface area contributed by atoms with E-state index in [9.17, 15) is 9.18 Å². The molecule has 1 unspecified atom stereocenters. The van der Waals surface area contributed by atoms with E-state index in [4.69, 9.17) is 9.84 Å². The lowest BCUT2D eigenvalue weighted by Gasteiger charge is -2.37. The normalized spacial score (nSPS) is 26.6. The first-order chi connectivity index (χ1) is 12.4. The Hall–Kier alpha value is -2.36. The Kier molecular flexibility index (Phi) is 4.02. The molecule has 0 radical (unpaired) electrons. The Bertz CT molecular complexity index is 835. The van der Waals surface area contributed by atoms with Crippen LogP contribution in [0.5, 0.6) is 5.75 Å². The predicted molar refractivity (Wildman–Crippen MR) is 97.8 cm³/mol. The van der Waals surface area contributed by atoms with E-state index in [1.165, 1.54) is 11.6 Å². The summed E-state index contributed by atoms with van der Waals surface area (Å²) in [5.74, 6) is 0.0241. The van der Waals surface area contributed by atoms with Gasteiger partial charge in [-0.25, -0.2) is 4.39 Å². The molecule has 0 heterocycles. The van der Waals surface area contributed by atoms with Crippen LogP contribution in [0.25, 0.3) is 11.1 Å². The number of carboxylic acid groups (broad SMARTS) is 1. The lowest BCUT2D eigenvalue weighted by atomic mass is 9.67. The molecule has 2 saturated carbocycles. The number of rotatable bonds is 5. The fraction of sp³-hybridized carbons (Fsp3) is 0.409. The first-order valence-corrected chi connectivity index (χ1v) is 9.17. The predicted octanol–water partition coefficient (Wildman–Crippen LogP) is 5.25. The smallest absolute Gasteiger partial charge is 0.307 e. The summed E-state index contributed by atoms with van der Waals surface area (Å²) in [5.41, 5.74) is 2.63. The van der Waals surface area contributed by atoms with E-state index in [1.807, 2.05) is 38.1 Å². The number of hydrogen-bond acceptors (Lipinski definition) is 2. The zero-order valence-corrected chi connectivity index (χ0v) is 15.0. The number of ether oxygens (including phenoxy) is 1. The van der Waals surface area contributed by atoms with Crippen molar-refractivity contribution in [2.45, 2.75) is 45.1 Å². The summed E-state index contributed by atoms with van der Waals surface area (Å²) < 4.78 is 19.9. The van der Waals surface area contributed by atoms with Crippen LogP contribution in [0.2, 0.25) is 0 Å². The molecule has 4 heteroatoms. The van der Waals surface area contributed by atoms with E-state index in [1.54, 1.807) is 12.1 Å². The summed E-state index contributed by atoms with van der Waals surface area (Å²) in [6.07, 6.45) is 2.77. The summed E-state index contributed by atoms with van der Waals surface area (Å²) in [7, 11) is 0. The molecule has 1 atom stereocenters. The van der Waals surface area contributed by atoms with Gasteiger partial charge in [-0.15, -0.1) is 0 Å². The number of aliphatic carboxylic acids is 1. The zero-order chi connectivity index (χ0) is 18.5. The van der Waals surface area contributed by atoms with Crippen molar-refractivity contribution in [3.05, 3.63) is 53.8 Å². The van der Waals surface area contributed by atoms with Gasteiger partial charge < -0.3 is 9.84 Å². The molecule has 2 aliphatic rings. The number of hydrogen-bond donors (Lipinski definition) is 1. The Morgan fingerprint density at radius 3 is 2.42 bits per heavy atom. The molecular weight excluding hydrogens is 331 g/mol. The fourth-order valence-electron chi connectivity index (χ4n) is 4.31. The van der Waals surface area contributed by atoms with Gasteiger partial charge >= 0.3 is 5.97 Å². The van der Waals surface area contributed by atoms with Crippen LogP contribution in [0.3, 0.4) is 0 Å². The van der Waals surface area contributed by atoms with Crippen LogP contribution in [0.15, 0.2) is 42.5 Å². The molecule has 4 rings (SSSR count). The molecule has 2 aromatic carbocycles. The van der Waals surface area contributed by atoms with Crippen molar-refractivity contribution in [3.63, 3.8) is 0 Å². The lowest BCUT2D eigenvalue weighted by molar-refractivity contribution is -0.140. The number of carboxylic acids is 1. The average molecular weight is 354 g/mol. The molecule has 136 valence electrons. The number of benzene rings is 2. The summed E-state index contributed by atoms with van der Waals surface area (Å²) in [5, 5.41) is 9.13. The Morgan fingerprint density at radius 1 is 1.15 bits per heavy atom. The van der Waals surface area contributed by atoms with E-state index in [0.717, 1.165) is 24.8 Å². The fourth-order valence-corrected chi connectivity index (χ4v) is 4.31. The van der Waals surface area contributed by atoms with Crippen LogP contribution in [-0.2, 0) is 4.79 Å². The van der Waals surface area contributed by atoms with Gasteiger partial charge in [0, 0.05) is 5.56 Å². The first kappa shape index (κ1) is 17.1. The minimum absolute atomic E-state index is 0.0404. The standard InChI is InChI=1S/C22H23FO3/c1-13(2)26-17-7-8-20(23)18(9-17)15-5-3-14(4-6-15)16-10-22(11-16)12-19(22)21(24)25/h3-9,13,16,19H,10-12H2,1-2H3,(H,24,25). The molecule has 3 nitrogen and oxygen atoms in total. The van der Waals surface area contributed by atoms with Crippen molar-refractivity contribution >= 4 is 5.97 Å². The third-order valence-electron chi connectivity index (χ3n) is 5.80. The maximum absolute atomic E-state index is 14.2. The van der Waals surface area contributed by atoms with Crippen LogP contribution in [-0.4, -0.2) is 17.2 Å². The molecule has 26 heavy (non-hydrogen) atoms. The van der Waals surface area contributed by atoms with E-state index >= 15 is 0 Å². The van der Waals surface area contributed by atoms with Crippen molar-refractivity contribution in [1.82, 2.24) is 0 Å². The lowest BCUT2D eigenvalue weighted by Crippen LogP contribution is -2.27. The van der Waals surface area contributed by atoms with Gasteiger partial charge in [0.2, 0.25) is 0 Å². The Morgan fingerprint density at radius 2 is 1.85 bits per heavy atom. The maximum Gasteiger partial charge on any atom is 0.307 e. The first-order valence-electron chi connectivity index (χ1n) is 9.17. The van der Waals surface area contributed by atoms with Crippen LogP contribution in [0.1, 0.15) is 44.6 Å². The Labute approximate surface area is 152 Å². The third kappa shape index (κ3) is 2.98. The van der Waals surface area contributed by atoms with Gasteiger partial charge in [0.05, 0.1) is 12.0 Å². The monoisotopic (exact) mass is 354 g/mol. The van der Waals surface area contributed by atoms with Crippen molar-refractivity contribution in [3.8, 4) is 16.9 Å². The van der Waals surface area contributed by atoms with Crippen LogP contribution in [0.4, 0.5) is 4.39 Å². The second kappa shape index (κ2) is 6.11. The van der Waals surface area contributed by atoms with Crippen molar-refractivity contribution in [2.24, 2.45) is 11.3 Å². The molecule has 0 aromatic heterocycles. The molecule has 2 aliphatic carbocycles. The molecular formula is C22H23FO3. The highest BCUT2D eigenvalue weighted by Gasteiger charge is 2.64. The second-order valence-electron chi connectivity index (χ2n) is 7.99. The van der Waals surface area contributed by atoms with Gasteiger partial charge in [-0.1, -0.05) is 24.3 Å². The van der Waals surface area contributed by atoms with Gasteiger partial charge in [0.1, 0.15) is 11.6 Å². The van der Waals surface area contributed by atoms with Gasteiger partial charge in [0.25, 0.3) is 0 Å². The number of halogens is 1. The summed E-state index contributed by atoms with van der Waals surface area (Å²) in [6, 6.07) is 12.8. The van der Waals surface area contributed by atoms with Gasteiger partial charge in [0.15, 0.2) is 0 Å². The SMILES string of the molecule is CC(C)Oc1ccc(F)c(-c2ccc(C3CC4(C3)CC4C(=O)O)cc2)c1. The zero-order valence-electron chi connectivity index (χ0n) is 15.0.